The maximum atomic E-state index is 12.1. The van der Waals surface area contributed by atoms with Gasteiger partial charge in [0.25, 0.3) is 0 Å². The van der Waals surface area contributed by atoms with Gasteiger partial charge in [-0.15, -0.1) is 0 Å². The van der Waals surface area contributed by atoms with E-state index in [1.54, 1.807) is 159 Å². The fraction of sp³-hybridized carbons (Fsp3) is 0.0769. The Balaban J connectivity index is 0.000000138. The summed E-state index contributed by atoms with van der Waals surface area (Å²) < 4.78 is 21.2. The summed E-state index contributed by atoms with van der Waals surface area (Å²) in [5.74, 6) is 2.24. The fourth-order valence-electron chi connectivity index (χ4n) is 14.5. The van der Waals surface area contributed by atoms with E-state index >= 15 is 0 Å². The van der Waals surface area contributed by atoms with Crippen molar-refractivity contribution < 1.29 is 78.4 Å². The maximum Gasteiger partial charge on any atom is 0.231 e. The van der Waals surface area contributed by atoms with Crippen LogP contribution in [0.1, 0.15) is 130 Å². The Bertz CT molecular complexity index is 7510. The highest BCUT2D eigenvalue weighted by Crippen LogP contribution is 2.37. The second-order valence-electron chi connectivity index (χ2n) is 32.1. The number of fused-ring (bicyclic) bond motifs is 1. The standard InChI is InChI=1S/C21H20N2O4.2C20H18N2O3.C19H14N2O3.C19H16N2O2.C18H14N2O/c1-27-21-10-15(9-16(12-24)18(21)13-25)19-11-17(22-23-19)7-8-20(26)14-5-3-2-4-6-14;1-25-18-10-14(13-23)9-16(11-18)19-12-17(21-22-19)7-8-20(24)15-5-3-2-4-6-15;23-12-16-7-6-15(10-17(16)13-24)19-11-18(21-22-19)8-9-20(25)14-4-2-1-3-5-14;22-17(13-4-2-1-3-5-13)8-7-15-11-16(21-20-15)14-6-9-18-19(10-14)24-12-23-18;22-13-14-6-8-15(9-7-14)18-12-17(20-21-18)10-11-19(23)16-4-2-1-3-5-16;21-18(15-9-5-2-6-10-15)12-11-16-13-17(20-19-16)14-7-3-1-4-8-14/h2-11,24-25H,12-13H2,1H3,(H,22,23);2-12,23H,13H2,1H3,(H,21,22);1-11,23-24H,12-13H2,(H,21,22);1-11H,12H2,(H,20,21);1-12,22H,13H2,(H,20,21);1-13H,(H,19,20)/b2*8-7+;9-8+;8-7+;11-10+;12-11+. The molecule has 6 aromatic heterocycles. The van der Waals surface area contributed by atoms with Crippen LogP contribution in [0.3, 0.4) is 0 Å². The SMILES string of the molecule is COc1cc(-c2cc(/C=C/C(=O)c3ccccc3)[nH]n2)cc(CO)c1CO.COc1cc(CO)cc(-c2cc(/C=C/C(=O)c3ccccc3)[nH]n2)c1.O=C(/C=C/c1cc(-c2ccc(CO)c(CO)c2)n[nH]1)c1ccccc1.O=C(/C=C/c1cc(-c2ccc(CO)cc2)n[nH]1)c1ccccc1.O=C(/C=C/c1cc(-c2ccc3c(c2)OCO3)n[nH]1)c1ccccc1.O=C(/C=C/c1cc(-c2ccccc2)n[nH]1)c1ccccc1. The van der Waals surface area contributed by atoms with Crippen molar-refractivity contribution in [3.05, 3.63) is 477 Å². The Labute approximate surface area is 834 Å². The molecule has 0 amide bonds. The van der Waals surface area contributed by atoms with Crippen LogP contribution in [0.5, 0.6) is 23.0 Å². The molecule has 7 heterocycles. The smallest absolute Gasteiger partial charge is 0.231 e. The molecule has 724 valence electrons. The number of allylic oxidation sites excluding steroid dienone is 6. The molecule has 0 fully saturated rings. The van der Waals surface area contributed by atoms with E-state index in [1.807, 2.05) is 231 Å². The zero-order valence-corrected chi connectivity index (χ0v) is 78.7. The number of aliphatic hydroxyl groups excluding tert-OH is 6. The second kappa shape index (κ2) is 52.4. The van der Waals surface area contributed by atoms with Gasteiger partial charge in [0.1, 0.15) is 11.5 Å². The predicted molar refractivity (Wildman–Crippen MR) is 558 cm³/mol. The lowest BCUT2D eigenvalue weighted by atomic mass is 10.0. The number of nitrogens with zero attached hydrogens (tertiary/aromatic N) is 6. The zero-order chi connectivity index (χ0) is 101. The summed E-state index contributed by atoms with van der Waals surface area (Å²) in [4.78, 5) is 72.4. The molecule has 145 heavy (non-hydrogen) atoms. The van der Waals surface area contributed by atoms with E-state index in [0.29, 0.717) is 107 Å². The van der Waals surface area contributed by atoms with Crippen LogP contribution in [0.2, 0.25) is 0 Å². The molecule has 0 saturated carbocycles. The van der Waals surface area contributed by atoms with Gasteiger partial charge in [0.05, 0.1) is 122 Å². The number of H-pyrrole nitrogens is 6. The second-order valence-corrected chi connectivity index (χ2v) is 32.1. The molecule has 0 spiro atoms. The molecule has 12 N–H and O–H groups in total. The number of ketones is 6. The van der Waals surface area contributed by atoms with Crippen molar-refractivity contribution in [3.8, 4) is 90.5 Å². The number of rotatable bonds is 32. The van der Waals surface area contributed by atoms with Crippen LogP contribution in [0, 0.1) is 0 Å². The fourth-order valence-corrected chi connectivity index (χ4v) is 14.5. The van der Waals surface area contributed by atoms with Crippen LogP contribution >= 0.6 is 0 Å². The first kappa shape index (κ1) is 102. The zero-order valence-electron chi connectivity index (χ0n) is 78.7. The number of benzene rings is 12. The van der Waals surface area contributed by atoms with Crippen molar-refractivity contribution in [1.82, 2.24) is 61.2 Å². The summed E-state index contributed by atoms with van der Waals surface area (Å²) >= 11 is 0. The van der Waals surface area contributed by atoms with E-state index in [4.69, 9.17) is 24.1 Å². The highest BCUT2D eigenvalue weighted by atomic mass is 16.7. The lowest BCUT2D eigenvalue weighted by Crippen LogP contribution is -1.99. The Morgan fingerprint density at radius 1 is 0.262 bits per heavy atom. The molecule has 0 aliphatic carbocycles. The maximum absolute atomic E-state index is 12.1. The molecule has 0 saturated heterocycles. The van der Waals surface area contributed by atoms with E-state index in [0.717, 1.165) is 84.4 Å². The highest BCUT2D eigenvalue weighted by molar-refractivity contribution is 6.10. The van der Waals surface area contributed by atoms with Gasteiger partial charge in [0.2, 0.25) is 6.79 Å². The Morgan fingerprint density at radius 2 is 0.559 bits per heavy atom. The van der Waals surface area contributed by atoms with Gasteiger partial charge in [-0.25, -0.2) is 0 Å². The predicted octanol–water partition coefficient (Wildman–Crippen LogP) is 20.5. The minimum Gasteiger partial charge on any atom is -0.497 e. The van der Waals surface area contributed by atoms with E-state index in [9.17, 15) is 54.3 Å². The van der Waals surface area contributed by atoms with Crippen LogP contribution in [0.25, 0.3) is 104 Å². The minimum absolute atomic E-state index is 0.0218. The molecule has 12 aromatic carbocycles. The molecule has 0 radical (unpaired) electrons. The first-order valence-corrected chi connectivity index (χ1v) is 45.6. The van der Waals surface area contributed by atoms with E-state index < -0.39 is 0 Å². The van der Waals surface area contributed by atoms with Gasteiger partial charge >= 0.3 is 0 Å². The topological polar surface area (TPSA) is 433 Å². The van der Waals surface area contributed by atoms with Gasteiger partial charge in [0, 0.05) is 72.3 Å². The summed E-state index contributed by atoms with van der Waals surface area (Å²) in [7, 11) is 3.08. The monoisotopic (exact) mass is 1930 g/mol. The minimum atomic E-state index is -0.227. The molecule has 18 aromatic rings. The number of methoxy groups -OCH3 is 2. The number of carbonyl (C=O) groups excluding carboxylic acids is 6. The van der Waals surface area contributed by atoms with Gasteiger partial charge < -0.3 is 49.6 Å². The third kappa shape index (κ3) is 29.2. The van der Waals surface area contributed by atoms with Gasteiger partial charge in [-0.1, -0.05) is 249 Å². The number of carbonyl (C=O) groups is 6. The molecule has 28 nitrogen and oxygen atoms in total. The van der Waals surface area contributed by atoms with Gasteiger partial charge in [-0.2, -0.15) is 30.6 Å². The van der Waals surface area contributed by atoms with E-state index in [1.165, 1.54) is 37.5 Å². The van der Waals surface area contributed by atoms with Crippen LogP contribution < -0.4 is 18.9 Å². The number of nitrogens with one attached hydrogen (secondary N) is 6. The van der Waals surface area contributed by atoms with Crippen LogP contribution in [0.4, 0.5) is 0 Å². The molecule has 0 unspecified atom stereocenters. The third-order valence-electron chi connectivity index (χ3n) is 22.3. The molecule has 28 heteroatoms. The summed E-state index contributed by atoms with van der Waals surface area (Å²) in [6, 6.07) is 103. The molecule has 1 aliphatic rings. The third-order valence-corrected chi connectivity index (χ3v) is 22.3. The Hall–Kier alpha value is -18.7. The lowest BCUT2D eigenvalue weighted by Gasteiger charge is -2.12. The van der Waals surface area contributed by atoms with Crippen molar-refractivity contribution >= 4 is 71.2 Å². The first-order chi connectivity index (χ1) is 70.9. The molecule has 19 rings (SSSR count). The summed E-state index contributed by atoms with van der Waals surface area (Å²) in [5, 5.41) is 99.0. The van der Waals surface area contributed by atoms with Crippen LogP contribution in [-0.4, -0.2) is 148 Å². The van der Waals surface area contributed by atoms with Crippen LogP contribution in [-0.2, 0) is 39.6 Å². The van der Waals surface area contributed by atoms with Gasteiger partial charge in [-0.05, 0) is 192 Å². The van der Waals surface area contributed by atoms with Crippen molar-refractivity contribution in [1.29, 1.82) is 0 Å². The average Bonchev–Trinajstić information content (AvgIpc) is 1.78. The lowest BCUT2D eigenvalue weighted by molar-refractivity contribution is 0.103. The quantitative estimate of drug-likeness (QED) is 0.0138. The first-order valence-electron chi connectivity index (χ1n) is 45.6. The number of aromatic amines is 6. The molecular formula is C117H100N12O16. The molecule has 0 atom stereocenters. The van der Waals surface area contributed by atoms with E-state index in [-0.39, 0.29) is 81.1 Å². The number of aliphatic hydroxyl groups is 6. The highest BCUT2D eigenvalue weighted by Gasteiger charge is 2.19. The summed E-state index contributed by atoms with van der Waals surface area (Å²) in [5.41, 5.74) is 22.2. The summed E-state index contributed by atoms with van der Waals surface area (Å²) in [6.45, 7) is -0.518. The van der Waals surface area contributed by atoms with Gasteiger partial charge in [0.15, 0.2) is 46.2 Å². The summed E-state index contributed by atoms with van der Waals surface area (Å²) in [6.07, 6.45) is 19.3. The van der Waals surface area contributed by atoms with Crippen molar-refractivity contribution in [3.63, 3.8) is 0 Å². The van der Waals surface area contributed by atoms with Gasteiger partial charge in [-0.3, -0.25) is 59.4 Å². The normalized spacial score (nSPS) is 11.3. The van der Waals surface area contributed by atoms with Crippen molar-refractivity contribution in [2.24, 2.45) is 0 Å². The van der Waals surface area contributed by atoms with Crippen molar-refractivity contribution in [2.75, 3.05) is 21.0 Å². The largest absolute Gasteiger partial charge is 0.497 e. The average molecular weight is 1930 g/mol. The molecule has 1 aliphatic heterocycles. The van der Waals surface area contributed by atoms with Crippen LogP contribution in [0.15, 0.2) is 376 Å². The number of hydrogen-bond acceptors (Lipinski definition) is 22. The Kier molecular flexibility index (Phi) is 36.9. The number of aromatic nitrogens is 12. The molecule has 0 bridgehead atoms. The number of ether oxygens (including phenoxy) is 4. The van der Waals surface area contributed by atoms with E-state index in [2.05, 4.69) is 61.2 Å². The molecular weight excluding hydrogens is 1830 g/mol. The Morgan fingerprint density at radius 3 is 0.890 bits per heavy atom. The van der Waals surface area contributed by atoms with Crippen molar-refractivity contribution in [2.45, 2.75) is 39.6 Å². The number of hydrogen-bond donors (Lipinski definition) is 12.